The van der Waals surface area contributed by atoms with Crippen LogP contribution in [0.5, 0.6) is 0 Å². The van der Waals surface area contributed by atoms with Gasteiger partial charge in [0.1, 0.15) is 16.9 Å². The Morgan fingerprint density at radius 1 is 1.00 bits per heavy atom. The zero-order valence-corrected chi connectivity index (χ0v) is 23.1. The lowest BCUT2D eigenvalue weighted by molar-refractivity contribution is -0.118. The molecule has 2 aliphatic heterocycles. The fraction of sp³-hybridized carbons (Fsp3) is 0.286. The Morgan fingerprint density at radius 3 is 2.42 bits per heavy atom. The molecule has 1 saturated heterocycles. The molecule has 3 aromatic rings. The third-order valence-electron chi connectivity index (χ3n) is 6.98. The molecule has 9 nitrogen and oxygen atoms in total. The maximum Gasteiger partial charge on any atom is 0.242 e. The number of rotatable bonds is 10. The summed E-state index contributed by atoms with van der Waals surface area (Å²) in [6, 6.07) is 20.7. The summed E-state index contributed by atoms with van der Waals surface area (Å²) in [6.07, 6.45) is 1.70. The van der Waals surface area contributed by atoms with Gasteiger partial charge in [-0.15, -0.1) is 0 Å². The molecular weight excluding hydrogens is 555 g/mol. The summed E-state index contributed by atoms with van der Waals surface area (Å²) in [7, 11) is -7.87. The molecule has 0 aliphatic carbocycles. The minimum atomic E-state index is -4.09. The Balaban J connectivity index is 1.34. The average Bonchev–Trinajstić information content (AvgIpc) is 3.51. The lowest BCUT2D eigenvalue weighted by atomic mass is 10.0. The monoisotopic (exact) mass is 584 g/mol. The van der Waals surface area contributed by atoms with Crippen molar-refractivity contribution in [2.24, 2.45) is 4.99 Å². The highest BCUT2D eigenvalue weighted by Crippen LogP contribution is 2.30. The van der Waals surface area contributed by atoms with Crippen LogP contribution >= 0.6 is 0 Å². The van der Waals surface area contributed by atoms with Gasteiger partial charge in [-0.25, -0.2) is 25.9 Å². The summed E-state index contributed by atoms with van der Waals surface area (Å²) in [4.78, 5) is 16.0. The molecule has 2 aliphatic rings. The van der Waals surface area contributed by atoms with Crippen LogP contribution in [0, 0.1) is 5.82 Å². The average molecular weight is 585 g/mol. The predicted molar refractivity (Wildman–Crippen MR) is 149 cm³/mol. The van der Waals surface area contributed by atoms with E-state index in [2.05, 4.69) is 27.2 Å². The highest BCUT2D eigenvalue weighted by molar-refractivity contribution is 7.90. The molecule has 0 saturated carbocycles. The van der Waals surface area contributed by atoms with E-state index in [0.717, 1.165) is 24.5 Å². The zero-order chi connectivity index (χ0) is 28.3. The maximum atomic E-state index is 13.8. The Morgan fingerprint density at radius 2 is 1.75 bits per heavy atom. The second-order valence-corrected chi connectivity index (χ2v) is 13.5. The first-order valence-electron chi connectivity index (χ1n) is 12.8. The fourth-order valence-corrected chi connectivity index (χ4v) is 7.56. The minimum Gasteiger partial charge on any atom is -0.368 e. The predicted octanol–water partition coefficient (Wildman–Crippen LogP) is 2.61. The van der Waals surface area contributed by atoms with E-state index in [1.807, 2.05) is 22.9 Å². The van der Waals surface area contributed by atoms with E-state index >= 15 is 0 Å². The first-order chi connectivity index (χ1) is 19.1. The number of hydrogen-bond donors (Lipinski definition) is 3. The molecule has 0 spiro atoms. The molecule has 0 radical (unpaired) electrons. The number of nitrogens with one attached hydrogen (secondary N) is 3. The third kappa shape index (κ3) is 6.57. The number of benzene rings is 3. The smallest absolute Gasteiger partial charge is 0.242 e. The van der Waals surface area contributed by atoms with Gasteiger partial charge in [0.05, 0.1) is 23.9 Å². The molecule has 0 bridgehead atoms. The van der Waals surface area contributed by atoms with Gasteiger partial charge in [0.25, 0.3) is 0 Å². The van der Waals surface area contributed by atoms with E-state index in [9.17, 15) is 26.0 Å². The van der Waals surface area contributed by atoms with Gasteiger partial charge in [0.2, 0.25) is 26.0 Å². The topological polar surface area (TPSA) is 134 Å². The minimum absolute atomic E-state index is 0.0244. The standard InChI is InChI=1S/C28H29FN4O5S2/c29-22-7-4-8-24(16-22)39(35,36)32-25(28-30-18-23(31-28)14-11-19-5-2-1-3-6-19)15-20-9-12-21(13-10-20)26-17-27(34)33-40(26,37)38/h1-10,12-13,16,23,25-26,32H,11,14-15,17-18H2,(H,30,31)(H,33,34)/t23-,25+,26+/m1/s1. The molecule has 12 heteroatoms. The number of nitrogens with zero attached hydrogens (tertiary/aromatic N) is 1. The molecule has 1 fully saturated rings. The Bertz CT molecular complexity index is 1630. The molecule has 3 N–H and O–H groups in total. The van der Waals surface area contributed by atoms with Crippen molar-refractivity contribution in [1.82, 2.24) is 14.8 Å². The first kappa shape index (κ1) is 27.9. The molecule has 40 heavy (non-hydrogen) atoms. The number of aryl methyl sites for hydroxylation is 1. The van der Waals surface area contributed by atoms with Crippen molar-refractivity contribution in [2.45, 2.75) is 47.9 Å². The van der Waals surface area contributed by atoms with Crippen LogP contribution in [-0.2, 0) is 37.7 Å². The SMILES string of the molecule is O=C1C[C@@H](c2ccc(C[C@H](NS(=O)(=O)c3cccc(F)c3)C3=NC[C@@H](CCc4ccccc4)N3)cc2)S(=O)(=O)N1. The molecule has 1 amide bonds. The Hall–Kier alpha value is -3.61. The van der Waals surface area contributed by atoms with E-state index in [-0.39, 0.29) is 23.8 Å². The summed E-state index contributed by atoms with van der Waals surface area (Å²) in [6.45, 7) is 0.486. The molecule has 0 unspecified atom stereocenters. The van der Waals surface area contributed by atoms with Crippen LogP contribution in [0.25, 0.3) is 0 Å². The second kappa shape index (κ2) is 11.5. The van der Waals surface area contributed by atoms with Crippen molar-refractivity contribution in [2.75, 3.05) is 6.54 Å². The summed E-state index contributed by atoms with van der Waals surface area (Å²) in [5.41, 5.74) is 2.39. The lowest BCUT2D eigenvalue weighted by Crippen LogP contribution is -2.48. The number of sulfonamides is 2. The third-order valence-corrected chi connectivity index (χ3v) is 10.2. The molecule has 5 rings (SSSR count). The van der Waals surface area contributed by atoms with Crippen LogP contribution in [-0.4, -0.2) is 47.2 Å². The van der Waals surface area contributed by atoms with E-state index in [1.54, 1.807) is 24.3 Å². The molecular formula is C28H29FN4O5S2. The fourth-order valence-electron chi connectivity index (χ4n) is 4.90. The number of amidine groups is 1. The van der Waals surface area contributed by atoms with E-state index in [1.165, 1.54) is 23.8 Å². The van der Waals surface area contributed by atoms with Gasteiger partial charge >= 0.3 is 0 Å². The molecule has 3 atom stereocenters. The molecule has 210 valence electrons. The van der Waals surface area contributed by atoms with Crippen molar-refractivity contribution in [1.29, 1.82) is 0 Å². The van der Waals surface area contributed by atoms with Crippen molar-refractivity contribution < 1.29 is 26.0 Å². The van der Waals surface area contributed by atoms with Crippen LogP contribution in [0.15, 0.2) is 88.8 Å². The first-order valence-corrected chi connectivity index (χ1v) is 15.9. The largest absolute Gasteiger partial charge is 0.368 e. The van der Waals surface area contributed by atoms with Crippen LogP contribution in [0.3, 0.4) is 0 Å². The summed E-state index contributed by atoms with van der Waals surface area (Å²) < 4.78 is 69.4. The number of carbonyl (C=O) groups is 1. The van der Waals surface area contributed by atoms with Crippen LogP contribution < -0.4 is 14.8 Å². The van der Waals surface area contributed by atoms with Crippen molar-refractivity contribution >= 4 is 31.8 Å². The molecule has 2 heterocycles. The summed E-state index contributed by atoms with van der Waals surface area (Å²) >= 11 is 0. The van der Waals surface area contributed by atoms with Gasteiger partial charge in [-0.3, -0.25) is 14.5 Å². The van der Waals surface area contributed by atoms with Crippen LogP contribution in [0.2, 0.25) is 0 Å². The van der Waals surface area contributed by atoms with Gasteiger partial charge in [-0.1, -0.05) is 60.7 Å². The number of carbonyl (C=O) groups excluding carboxylic acids is 1. The van der Waals surface area contributed by atoms with Crippen LogP contribution in [0.4, 0.5) is 4.39 Å². The second-order valence-electron chi connectivity index (χ2n) is 9.93. The number of aliphatic imine (C=N–C) groups is 1. The number of halogens is 1. The summed E-state index contributed by atoms with van der Waals surface area (Å²) in [5, 5.41) is 2.39. The maximum absolute atomic E-state index is 13.8. The van der Waals surface area contributed by atoms with Crippen LogP contribution in [0.1, 0.15) is 34.8 Å². The highest BCUT2D eigenvalue weighted by Gasteiger charge is 2.38. The summed E-state index contributed by atoms with van der Waals surface area (Å²) in [5.74, 6) is -0.731. The van der Waals surface area contributed by atoms with Gasteiger partial charge in [0, 0.05) is 6.04 Å². The van der Waals surface area contributed by atoms with E-state index in [4.69, 9.17) is 0 Å². The molecule has 3 aromatic carbocycles. The lowest BCUT2D eigenvalue weighted by Gasteiger charge is -2.21. The van der Waals surface area contributed by atoms with Crippen molar-refractivity contribution in [3.05, 3.63) is 101 Å². The van der Waals surface area contributed by atoms with Crippen molar-refractivity contribution in [3.8, 4) is 0 Å². The molecule has 0 aromatic heterocycles. The Labute approximate surface area is 233 Å². The normalized spacial score (nSPS) is 20.9. The van der Waals surface area contributed by atoms with Gasteiger partial charge in [-0.05, 0) is 54.2 Å². The quantitative estimate of drug-likeness (QED) is 0.336. The van der Waals surface area contributed by atoms with Gasteiger partial charge in [-0.2, -0.15) is 0 Å². The zero-order valence-electron chi connectivity index (χ0n) is 21.5. The highest BCUT2D eigenvalue weighted by atomic mass is 32.2. The van der Waals surface area contributed by atoms with E-state index < -0.39 is 43.1 Å². The van der Waals surface area contributed by atoms with Gasteiger partial charge < -0.3 is 5.32 Å². The van der Waals surface area contributed by atoms with Gasteiger partial charge in [0.15, 0.2) is 0 Å². The number of amides is 1. The Kier molecular flexibility index (Phi) is 8.02. The number of hydrogen-bond acceptors (Lipinski definition) is 7. The van der Waals surface area contributed by atoms with E-state index in [0.29, 0.717) is 17.9 Å². The van der Waals surface area contributed by atoms with Crippen molar-refractivity contribution in [3.63, 3.8) is 0 Å².